The summed E-state index contributed by atoms with van der Waals surface area (Å²) < 4.78 is 0.705. The van der Waals surface area contributed by atoms with Gasteiger partial charge in [-0.2, -0.15) is 0 Å². The number of hydrogen-bond acceptors (Lipinski definition) is 3. The molecule has 2 heterocycles. The maximum absolute atomic E-state index is 5.28. The molecule has 0 atom stereocenters. The number of thiophene rings is 1. The zero-order valence-electron chi connectivity index (χ0n) is 9.63. The minimum Gasteiger partial charge on any atom is -0.343 e. The Balaban J connectivity index is 2.69. The lowest BCUT2D eigenvalue weighted by molar-refractivity contribution is 0.926. The molecule has 2 aromatic heterocycles. The van der Waals surface area contributed by atoms with Gasteiger partial charge in [-0.1, -0.05) is 19.1 Å². The Labute approximate surface area is 104 Å². The van der Waals surface area contributed by atoms with E-state index < -0.39 is 0 Å². The number of aromatic nitrogens is 2. The first-order valence-electron chi connectivity index (χ1n) is 5.27. The van der Waals surface area contributed by atoms with Crippen LogP contribution in [-0.4, -0.2) is 9.97 Å². The Kier molecular flexibility index (Phi) is 3.21. The quantitative estimate of drug-likeness (QED) is 0.815. The predicted octanol–water partition coefficient (Wildman–Crippen LogP) is 4.05. The molecule has 16 heavy (non-hydrogen) atoms. The Bertz CT molecular complexity index is 567. The fourth-order valence-electron chi connectivity index (χ4n) is 1.66. The number of aryl methyl sites for hydroxylation is 2. The van der Waals surface area contributed by atoms with E-state index >= 15 is 0 Å². The van der Waals surface area contributed by atoms with E-state index in [0.29, 0.717) is 4.64 Å². The molecule has 0 amide bonds. The normalized spacial score (nSPS) is 10.7. The monoisotopic (exact) mass is 250 g/mol. The van der Waals surface area contributed by atoms with Gasteiger partial charge in [0.1, 0.15) is 10.5 Å². The summed E-state index contributed by atoms with van der Waals surface area (Å²) in [6, 6.07) is 2.13. The molecule has 0 fully saturated rings. The van der Waals surface area contributed by atoms with Crippen LogP contribution in [0.15, 0.2) is 11.4 Å². The molecule has 0 spiro atoms. The molecule has 2 aromatic rings. The second-order valence-electron chi connectivity index (χ2n) is 3.73. The molecule has 4 heteroatoms. The summed E-state index contributed by atoms with van der Waals surface area (Å²) in [6.07, 6.45) is 0.875. The Morgan fingerprint density at radius 3 is 2.75 bits per heavy atom. The Morgan fingerprint density at radius 1 is 1.44 bits per heavy atom. The first-order valence-corrected chi connectivity index (χ1v) is 6.56. The van der Waals surface area contributed by atoms with Crippen molar-refractivity contribution in [3.8, 4) is 11.3 Å². The van der Waals surface area contributed by atoms with Crippen molar-refractivity contribution in [2.45, 2.75) is 27.2 Å². The van der Waals surface area contributed by atoms with Gasteiger partial charge in [-0.15, -0.1) is 11.3 Å². The van der Waals surface area contributed by atoms with E-state index in [1.807, 2.05) is 6.92 Å². The van der Waals surface area contributed by atoms with E-state index in [9.17, 15) is 0 Å². The van der Waals surface area contributed by atoms with Crippen molar-refractivity contribution in [1.82, 2.24) is 9.97 Å². The third-order valence-corrected chi connectivity index (χ3v) is 3.91. The summed E-state index contributed by atoms with van der Waals surface area (Å²) in [4.78, 5) is 9.04. The van der Waals surface area contributed by atoms with Crippen molar-refractivity contribution >= 4 is 23.6 Å². The molecule has 0 saturated carbocycles. The molecule has 0 aliphatic carbocycles. The zero-order chi connectivity index (χ0) is 11.7. The highest BCUT2D eigenvalue weighted by atomic mass is 32.1. The summed E-state index contributed by atoms with van der Waals surface area (Å²) in [7, 11) is 0. The van der Waals surface area contributed by atoms with Crippen molar-refractivity contribution in [1.29, 1.82) is 0 Å². The van der Waals surface area contributed by atoms with Crippen molar-refractivity contribution in [3.05, 3.63) is 32.4 Å². The number of H-pyrrole nitrogens is 1. The minimum atomic E-state index is 0.705. The van der Waals surface area contributed by atoms with E-state index in [2.05, 4.69) is 35.3 Å². The molecule has 1 N–H and O–H groups in total. The SMILES string of the molecule is CCc1nc(=S)c(C)c(-c2ccsc2C)[nH]1. The van der Waals surface area contributed by atoms with Crippen LogP contribution in [0.1, 0.15) is 23.2 Å². The number of rotatable bonds is 2. The van der Waals surface area contributed by atoms with E-state index in [0.717, 1.165) is 23.5 Å². The van der Waals surface area contributed by atoms with Crippen molar-refractivity contribution in [2.75, 3.05) is 0 Å². The van der Waals surface area contributed by atoms with Gasteiger partial charge in [0.15, 0.2) is 0 Å². The van der Waals surface area contributed by atoms with Crippen LogP contribution in [0.5, 0.6) is 0 Å². The molecule has 0 unspecified atom stereocenters. The number of nitrogens with zero attached hydrogens (tertiary/aromatic N) is 1. The van der Waals surface area contributed by atoms with Crippen molar-refractivity contribution in [3.63, 3.8) is 0 Å². The van der Waals surface area contributed by atoms with Crippen LogP contribution >= 0.6 is 23.6 Å². The summed E-state index contributed by atoms with van der Waals surface area (Å²) >= 11 is 7.04. The molecule has 84 valence electrons. The molecule has 0 radical (unpaired) electrons. The second kappa shape index (κ2) is 4.47. The van der Waals surface area contributed by atoms with Crippen LogP contribution < -0.4 is 0 Å². The Hall–Kier alpha value is -1.00. The van der Waals surface area contributed by atoms with Gasteiger partial charge >= 0.3 is 0 Å². The number of nitrogens with one attached hydrogen (secondary N) is 1. The fraction of sp³-hybridized carbons (Fsp3) is 0.333. The van der Waals surface area contributed by atoms with Gasteiger partial charge in [0.2, 0.25) is 0 Å². The minimum absolute atomic E-state index is 0.705. The first-order chi connectivity index (χ1) is 7.63. The summed E-state index contributed by atoms with van der Waals surface area (Å²) in [5.41, 5.74) is 3.43. The van der Waals surface area contributed by atoms with Gasteiger partial charge in [-0.25, -0.2) is 4.98 Å². The Morgan fingerprint density at radius 2 is 2.19 bits per heavy atom. The lowest BCUT2D eigenvalue weighted by Crippen LogP contribution is -1.99. The van der Waals surface area contributed by atoms with Gasteiger partial charge in [0, 0.05) is 22.4 Å². The van der Waals surface area contributed by atoms with Crippen LogP contribution in [0, 0.1) is 18.5 Å². The molecular weight excluding hydrogens is 236 g/mol. The molecule has 0 bridgehead atoms. The van der Waals surface area contributed by atoms with E-state index in [4.69, 9.17) is 12.2 Å². The molecule has 2 rings (SSSR count). The smallest absolute Gasteiger partial charge is 0.133 e. The maximum atomic E-state index is 5.28. The zero-order valence-corrected chi connectivity index (χ0v) is 11.3. The third kappa shape index (κ3) is 1.95. The molecule has 0 aliphatic heterocycles. The van der Waals surface area contributed by atoms with Crippen molar-refractivity contribution < 1.29 is 0 Å². The average Bonchev–Trinajstić information content (AvgIpc) is 2.68. The highest BCUT2D eigenvalue weighted by Crippen LogP contribution is 2.28. The number of aromatic amines is 1. The van der Waals surface area contributed by atoms with Crippen LogP contribution in [0.2, 0.25) is 0 Å². The predicted molar refractivity (Wildman–Crippen MR) is 71.6 cm³/mol. The molecule has 0 aliphatic rings. The van der Waals surface area contributed by atoms with Crippen LogP contribution in [-0.2, 0) is 6.42 Å². The van der Waals surface area contributed by atoms with Crippen molar-refractivity contribution in [2.24, 2.45) is 0 Å². The summed E-state index contributed by atoms with van der Waals surface area (Å²) in [5.74, 6) is 0.955. The standard InChI is InChI=1S/C12H14N2S2/c1-4-10-13-11(7(2)12(15)14-10)9-5-6-16-8(9)3/h5-6H,4H2,1-3H3,(H,13,14,15). The van der Waals surface area contributed by atoms with Crippen LogP contribution in [0.25, 0.3) is 11.3 Å². The van der Waals surface area contributed by atoms with Gasteiger partial charge in [-0.05, 0) is 25.3 Å². The summed E-state index contributed by atoms with van der Waals surface area (Å²) in [6.45, 7) is 6.23. The molecular formula is C12H14N2S2. The highest BCUT2D eigenvalue weighted by Gasteiger charge is 2.09. The molecule has 0 aromatic carbocycles. The second-order valence-corrected chi connectivity index (χ2v) is 5.24. The lowest BCUT2D eigenvalue weighted by Gasteiger charge is -2.08. The third-order valence-electron chi connectivity index (χ3n) is 2.66. The van der Waals surface area contributed by atoms with Crippen LogP contribution in [0.3, 0.4) is 0 Å². The first kappa shape index (κ1) is 11.5. The molecule has 2 nitrogen and oxygen atoms in total. The van der Waals surface area contributed by atoms with Gasteiger partial charge in [-0.3, -0.25) is 0 Å². The van der Waals surface area contributed by atoms with Crippen LogP contribution in [0.4, 0.5) is 0 Å². The average molecular weight is 250 g/mol. The fourth-order valence-corrected chi connectivity index (χ4v) is 2.58. The maximum Gasteiger partial charge on any atom is 0.133 e. The molecule has 0 saturated heterocycles. The van der Waals surface area contributed by atoms with Gasteiger partial charge < -0.3 is 4.98 Å². The highest BCUT2D eigenvalue weighted by molar-refractivity contribution is 7.71. The van der Waals surface area contributed by atoms with Gasteiger partial charge in [0.05, 0.1) is 5.69 Å². The lowest BCUT2D eigenvalue weighted by atomic mass is 10.1. The van der Waals surface area contributed by atoms with E-state index in [1.54, 1.807) is 11.3 Å². The van der Waals surface area contributed by atoms with E-state index in [1.165, 1.54) is 10.4 Å². The topological polar surface area (TPSA) is 28.7 Å². The number of hydrogen-bond donors (Lipinski definition) is 1. The summed E-state index contributed by atoms with van der Waals surface area (Å²) in [5, 5.41) is 2.10. The largest absolute Gasteiger partial charge is 0.343 e. The van der Waals surface area contributed by atoms with Gasteiger partial charge in [0.25, 0.3) is 0 Å². The van der Waals surface area contributed by atoms with E-state index in [-0.39, 0.29) is 0 Å².